The minimum Gasteiger partial charge on any atom is -0.493 e. The topological polar surface area (TPSA) is 102 Å². The highest BCUT2D eigenvalue weighted by atomic mass is 16.6. The quantitative estimate of drug-likeness (QED) is 0.543. The third kappa shape index (κ3) is 3.10. The highest BCUT2D eigenvalue weighted by Crippen LogP contribution is 2.56. The van der Waals surface area contributed by atoms with Crippen LogP contribution in [0.5, 0.6) is 11.5 Å². The van der Waals surface area contributed by atoms with Gasteiger partial charge in [-0.25, -0.2) is 0 Å². The summed E-state index contributed by atoms with van der Waals surface area (Å²) in [6.07, 6.45) is 4.24. The molecular formula is C23H24N2O6. The number of ether oxygens (including phenoxy) is 2. The van der Waals surface area contributed by atoms with Gasteiger partial charge in [0.15, 0.2) is 11.5 Å². The van der Waals surface area contributed by atoms with Crippen LogP contribution in [0.15, 0.2) is 42.5 Å². The van der Waals surface area contributed by atoms with E-state index in [1.165, 1.54) is 19.2 Å². The number of non-ortho nitro benzene ring substituents is 1. The third-order valence-electron chi connectivity index (χ3n) is 6.18. The second-order valence-electron chi connectivity index (χ2n) is 8.25. The van der Waals surface area contributed by atoms with Gasteiger partial charge in [-0.1, -0.05) is 18.2 Å². The molecule has 1 atom stereocenters. The normalized spacial score (nSPS) is 20.2. The zero-order valence-electron chi connectivity index (χ0n) is 17.6. The molecule has 31 heavy (non-hydrogen) atoms. The molecule has 0 aliphatic carbocycles. The Morgan fingerprint density at radius 1 is 1.29 bits per heavy atom. The van der Waals surface area contributed by atoms with Crippen LogP contribution in [0, 0.1) is 10.1 Å². The van der Waals surface area contributed by atoms with Crippen LogP contribution in [-0.4, -0.2) is 35.4 Å². The molecule has 0 bridgehead atoms. The first kappa shape index (κ1) is 20.7. The van der Waals surface area contributed by atoms with E-state index in [4.69, 9.17) is 14.6 Å². The summed E-state index contributed by atoms with van der Waals surface area (Å²) in [6.45, 7) is 4.63. The van der Waals surface area contributed by atoms with E-state index in [1.54, 1.807) is 0 Å². The summed E-state index contributed by atoms with van der Waals surface area (Å²) in [7, 11) is 1.45. The maximum absolute atomic E-state index is 11.3. The van der Waals surface area contributed by atoms with Crippen LogP contribution in [0.25, 0.3) is 6.08 Å². The van der Waals surface area contributed by atoms with Crippen molar-refractivity contribution < 1.29 is 24.3 Å². The van der Waals surface area contributed by atoms with Crippen molar-refractivity contribution >= 4 is 23.4 Å². The fourth-order valence-corrected chi connectivity index (χ4v) is 4.59. The van der Waals surface area contributed by atoms with Crippen LogP contribution in [0.2, 0.25) is 0 Å². The van der Waals surface area contributed by atoms with E-state index in [1.807, 2.05) is 36.4 Å². The number of nitrogens with zero attached hydrogens (tertiary/aromatic N) is 2. The van der Waals surface area contributed by atoms with Gasteiger partial charge < -0.3 is 19.5 Å². The monoisotopic (exact) mass is 424 g/mol. The van der Waals surface area contributed by atoms with Gasteiger partial charge in [-0.15, -0.1) is 0 Å². The predicted molar refractivity (Wildman–Crippen MR) is 116 cm³/mol. The molecule has 0 saturated heterocycles. The van der Waals surface area contributed by atoms with Gasteiger partial charge in [-0.05, 0) is 44.1 Å². The van der Waals surface area contributed by atoms with Crippen molar-refractivity contribution in [2.45, 2.75) is 37.8 Å². The Labute approximate surface area is 179 Å². The van der Waals surface area contributed by atoms with Crippen LogP contribution in [-0.2, 0) is 10.2 Å². The van der Waals surface area contributed by atoms with E-state index in [-0.39, 0.29) is 17.9 Å². The molecule has 0 amide bonds. The molecule has 2 aromatic rings. The standard InChI is InChI=1S/C23H24N2O6/c1-22(2)17-7-4-5-8-18(17)24(12-6-9-20(26)27)23(22)11-10-15-13-16(25(28)29)14-19(30-3)21(15)31-23/h4-5,7-8,10-11,13-14H,6,9,12H2,1-3H3,(H,26,27). The number of aliphatic carboxylic acids is 1. The average molecular weight is 424 g/mol. The number of hydrogen-bond donors (Lipinski definition) is 1. The van der Waals surface area contributed by atoms with Gasteiger partial charge in [-0.3, -0.25) is 14.9 Å². The molecule has 2 heterocycles. The van der Waals surface area contributed by atoms with Gasteiger partial charge in [0.05, 0.1) is 23.5 Å². The lowest BCUT2D eigenvalue weighted by Gasteiger charge is -2.47. The molecule has 162 valence electrons. The number of benzene rings is 2. The predicted octanol–water partition coefficient (Wildman–Crippen LogP) is 4.37. The Balaban J connectivity index is 1.84. The number of hydrogen-bond acceptors (Lipinski definition) is 6. The first-order valence-electron chi connectivity index (χ1n) is 10.0. The Morgan fingerprint density at radius 3 is 2.71 bits per heavy atom. The molecule has 2 aromatic carbocycles. The Kier molecular flexibility index (Phi) is 4.88. The molecule has 1 spiro atoms. The van der Waals surface area contributed by atoms with Crippen LogP contribution in [0.3, 0.4) is 0 Å². The smallest absolute Gasteiger partial charge is 0.303 e. The number of fused-ring (bicyclic) bond motifs is 2. The molecule has 8 nitrogen and oxygen atoms in total. The van der Waals surface area contributed by atoms with Gasteiger partial charge in [0, 0.05) is 30.3 Å². The maximum atomic E-state index is 11.3. The zero-order valence-corrected chi connectivity index (χ0v) is 17.6. The number of nitro benzene ring substituents is 1. The molecule has 1 N–H and O–H groups in total. The summed E-state index contributed by atoms with van der Waals surface area (Å²) >= 11 is 0. The van der Waals surface area contributed by atoms with Gasteiger partial charge in [0.1, 0.15) is 0 Å². The SMILES string of the molecule is COc1cc([N+](=O)[O-])cc2c1OC1(C=C2)N(CCCC(=O)O)c2ccccc2C1(C)C. The van der Waals surface area contributed by atoms with Crippen LogP contribution < -0.4 is 14.4 Å². The molecule has 2 aliphatic rings. The fourth-order valence-electron chi connectivity index (χ4n) is 4.59. The van der Waals surface area contributed by atoms with E-state index in [0.29, 0.717) is 24.3 Å². The number of rotatable bonds is 6. The van der Waals surface area contributed by atoms with E-state index >= 15 is 0 Å². The van der Waals surface area contributed by atoms with Gasteiger partial charge in [0.25, 0.3) is 5.69 Å². The molecule has 4 rings (SSSR count). The Morgan fingerprint density at radius 2 is 2.03 bits per heavy atom. The van der Waals surface area contributed by atoms with Crippen LogP contribution in [0.1, 0.15) is 37.8 Å². The fraction of sp³-hybridized carbons (Fsp3) is 0.348. The van der Waals surface area contributed by atoms with Crippen LogP contribution >= 0.6 is 0 Å². The Bertz CT molecular complexity index is 1090. The lowest BCUT2D eigenvalue weighted by atomic mass is 9.76. The number of carbonyl (C=O) groups is 1. The first-order valence-corrected chi connectivity index (χ1v) is 10.0. The van der Waals surface area contributed by atoms with Gasteiger partial charge in [0.2, 0.25) is 5.72 Å². The second-order valence-corrected chi connectivity index (χ2v) is 8.25. The number of carboxylic acids is 1. The third-order valence-corrected chi connectivity index (χ3v) is 6.18. The Hall–Kier alpha value is -3.55. The maximum Gasteiger partial charge on any atom is 0.303 e. The summed E-state index contributed by atoms with van der Waals surface area (Å²) in [5.41, 5.74) is 1.12. The number of methoxy groups -OCH3 is 1. The van der Waals surface area contributed by atoms with Crippen molar-refractivity contribution in [1.29, 1.82) is 0 Å². The molecule has 0 aromatic heterocycles. The summed E-state index contributed by atoms with van der Waals surface area (Å²) < 4.78 is 12.1. The highest BCUT2D eigenvalue weighted by Gasteiger charge is 2.59. The highest BCUT2D eigenvalue weighted by molar-refractivity contribution is 5.75. The van der Waals surface area contributed by atoms with Crippen molar-refractivity contribution in [3.8, 4) is 11.5 Å². The second kappa shape index (κ2) is 7.30. The molecular weight excluding hydrogens is 400 g/mol. The zero-order chi connectivity index (χ0) is 22.4. The average Bonchev–Trinajstić information content (AvgIpc) is 2.91. The molecule has 8 heteroatoms. The van der Waals surface area contributed by atoms with Crippen molar-refractivity contribution in [3.05, 3.63) is 63.7 Å². The molecule has 1 unspecified atom stereocenters. The minimum atomic E-state index is -0.939. The number of carboxylic acid groups (broad SMARTS) is 1. The summed E-state index contributed by atoms with van der Waals surface area (Å²) in [4.78, 5) is 24.0. The van der Waals surface area contributed by atoms with E-state index in [9.17, 15) is 14.9 Å². The number of anilines is 1. The number of nitro groups is 1. The summed E-state index contributed by atoms with van der Waals surface area (Å²) in [6, 6.07) is 10.8. The van der Waals surface area contributed by atoms with E-state index < -0.39 is 22.0 Å². The lowest BCUT2D eigenvalue weighted by molar-refractivity contribution is -0.385. The van der Waals surface area contributed by atoms with E-state index in [2.05, 4.69) is 18.7 Å². The first-order chi connectivity index (χ1) is 14.7. The van der Waals surface area contributed by atoms with Crippen molar-refractivity contribution in [3.63, 3.8) is 0 Å². The van der Waals surface area contributed by atoms with E-state index in [0.717, 1.165) is 11.3 Å². The molecule has 2 aliphatic heterocycles. The van der Waals surface area contributed by atoms with Crippen LogP contribution in [0.4, 0.5) is 11.4 Å². The lowest BCUT2D eigenvalue weighted by Crippen LogP contribution is -2.59. The van der Waals surface area contributed by atoms with Crippen molar-refractivity contribution in [1.82, 2.24) is 0 Å². The van der Waals surface area contributed by atoms with Gasteiger partial charge in [-0.2, -0.15) is 0 Å². The largest absolute Gasteiger partial charge is 0.493 e. The summed E-state index contributed by atoms with van der Waals surface area (Å²) in [5, 5.41) is 20.4. The van der Waals surface area contributed by atoms with Crippen molar-refractivity contribution in [2.24, 2.45) is 0 Å². The van der Waals surface area contributed by atoms with Crippen molar-refractivity contribution in [2.75, 3.05) is 18.6 Å². The van der Waals surface area contributed by atoms with Gasteiger partial charge >= 0.3 is 5.97 Å². The molecule has 0 fully saturated rings. The summed E-state index contributed by atoms with van der Waals surface area (Å²) in [5.74, 6) is -0.134. The molecule has 0 saturated carbocycles. The number of para-hydroxylation sites is 1. The minimum absolute atomic E-state index is 0.0466. The molecule has 0 radical (unpaired) electrons.